The number of aliphatic hydroxyl groups is 1. The van der Waals surface area contributed by atoms with E-state index < -0.39 is 0 Å². The fourth-order valence-corrected chi connectivity index (χ4v) is 3.16. The van der Waals surface area contributed by atoms with Crippen LogP contribution in [-0.2, 0) is 0 Å². The molecule has 0 spiro atoms. The van der Waals surface area contributed by atoms with E-state index in [0.29, 0.717) is 0 Å². The summed E-state index contributed by atoms with van der Waals surface area (Å²) in [4.78, 5) is 16.5. The van der Waals surface area contributed by atoms with Crippen molar-refractivity contribution < 1.29 is 9.90 Å². The summed E-state index contributed by atoms with van der Waals surface area (Å²) in [6, 6.07) is 0.445. The number of hydrogen-bond acceptors (Lipinski definition) is 2. The molecule has 104 valence electrons. The van der Waals surface area contributed by atoms with Crippen molar-refractivity contribution in [3.05, 3.63) is 0 Å². The Morgan fingerprint density at radius 3 is 2.50 bits per heavy atom. The molecule has 0 aromatic rings. The molecule has 0 bridgehead atoms. The lowest BCUT2D eigenvalue weighted by molar-refractivity contribution is 0.107. The highest BCUT2D eigenvalue weighted by atomic mass is 16.3. The first-order valence-corrected chi connectivity index (χ1v) is 7.42. The average Bonchev–Trinajstić information content (AvgIpc) is 2.76. The van der Waals surface area contributed by atoms with Crippen molar-refractivity contribution in [1.29, 1.82) is 0 Å². The highest BCUT2D eigenvalue weighted by molar-refractivity contribution is 5.75. The third kappa shape index (κ3) is 3.37. The molecule has 2 aliphatic heterocycles. The first-order valence-electron chi connectivity index (χ1n) is 7.42. The van der Waals surface area contributed by atoms with Gasteiger partial charge in [0.1, 0.15) is 0 Å². The van der Waals surface area contributed by atoms with E-state index in [4.69, 9.17) is 0 Å². The van der Waals surface area contributed by atoms with E-state index >= 15 is 0 Å². The van der Waals surface area contributed by atoms with Gasteiger partial charge in [-0.1, -0.05) is 12.8 Å². The van der Waals surface area contributed by atoms with Gasteiger partial charge in [0.05, 0.1) is 6.10 Å². The lowest BCUT2D eigenvalue weighted by Gasteiger charge is -2.34. The number of rotatable bonds is 2. The molecule has 0 saturated carbocycles. The largest absolute Gasteiger partial charge is 0.393 e. The van der Waals surface area contributed by atoms with E-state index in [9.17, 15) is 9.90 Å². The van der Waals surface area contributed by atoms with Crippen LogP contribution in [-0.4, -0.2) is 52.7 Å². The molecule has 1 N–H and O–H groups in total. The van der Waals surface area contributed by atoms with Crippen molar-refractivity contribution >= 4 is 6.03 Å². The predicted molar refractivity (Wildman–Crippen MR) is 71.5 cm³/mol. The van der Waals surface area contributed by atoms with Crippen molar-refractivity contribution in [1.82, 2.24) is 9.80 Å². The molecule has 0 aromatic heterocycles. The zero-order chi connectivity index (χ0) is 13.0. The number of amides is 2. The molecule has 0 radical (unpaired) electrons. The normalized spacial score (nSPS) is 27.1. The van der Waals surface area contributed by atoms with E-state index in [-0.39, 0.29) is 18.2 Å². The quantitative estimate of drug-likeness (QED) is 0.821. The molecule has 4 heteroatoms. The highest BCUT2D eigenvalue weighted by Gasteiger charge is 2.30. The number of urea groups is 1. The average molecular weight is 254 g/mol. The maximum Gasteiger partial charge on any atom is 0.320 e. The Hall–Kier alpha value is -0.770. The van der Waals surface area contributed by atoms with Crippen molar-refractivity contribution in [2.45, 2.75) is 64.0 Å². The number of aliphatic hydroxyl groups excluding tert-OH is 1. The second kappa shape index (κ2) is 6.41. The summed E-state index contributed by atoms with van der Waals surface area (Å²) in [5.74, 6) is 0. The van der Waals surface area contributed by atoms with Crippen LogP contribution in [0.1, 0.15) is 51.9 Å². The summed E-state index contributed by atoms with van der Waals surface area (Å²) in [6.45, 7) is 4.52. The topological polar surface area (TPSA) is 43.8 Å². The molecule has 2 atom stereocenters. The third-order valence-electron chi connectivity index (χ3n) is 4.11. The Labute approximate surface area is 110 Å². The van der Waals surface area contributed by atoms with Gasteiger partial charge in [-0.05, 0) is 39.0 Å². The number of nitrogens with zero attached hydrogens (tertiary/aromatic N) is 2. The van der Waals surface area contributed by atoms with Gasteiger partial charge in [0.25, 0.3) is 0 Å². The van der Waals surface area contributed by atoms with Crippen LogP contribution in [0.25, 0.3) is 0 Å². The smallest absolute Gasteiger partial charge is 0.320 e. The van der Waals surface area contributed by atoms with E-state index in [2.05, 4.69) is 0 Å². The fourth-order valence-electron chi connectivity index (χ4n) is 3.16. The zero-order valence-corrected chi connectivity index (χ0v) is 11.5. The molecular weight excluding hydrogens is 228 g/mol. The number of likely N-dealkylation sites (tertiary alicyclic amines) is 2. The van der Waals surface area contributed by atoms with E-state index in [1.807, 2.05) is 16.7 Å². The van der Waals surface area contributed by atoms with Gasteiger partial charge >= 0.3 is 6.03 Å². The Kier molecular flexibility index (Phi) is 4.87. The van der Waals surface area contributed by atoms with E-state index in [1.54, 1.807) is 0 Å². The molecule has 0 aliphatic carbocycles. The zero-order valence-electron chi connectivity index (χ0n) is 11.5. The van der Waals surface area contributed by atoms with Crippen LogP contribution in [0.3, 0.4) is 0 Å². The van der Waals surface area contributed by atoms with Crippen molar-refractivity contribution in [3.8, 4) is 0 Å². The van der Waals surface area contributed by atoms with Gasteiger partial charge < -0.3 is 14.9 Å². The molecule has 2 heterocycles. The second-order valence-electron chi connectivity index (χ2n) is 5.76. The van der Waals surface area contributed by atoms with Crippen LogP contribution in [0, 0.1) is 0 Å². The molecular formula is C14H26N2O2. The van der Waals surface area contributed by atoms with Gasteiger partial charge in [0.15, 0.2) is 0 Å². The van der Waals surface area contributed by atoms with Crippen molar-refractivity contribution in [2.24, 2.45) is 0 Å². The molecule has 2 saturated heterocycles. The number of hydrogen-bond donors (Lipinski definition) is 1. The Bertz CT molecular complexity index is 275. The molecule has 2 rings (SSSR count). The van der Waals surface area contributed by atoms with Gasteiger partial charge in [-0.15, -0.1) is 0 Å². The molecule has 2 aliphatic rings. The van der Waals surface area contributed by atoms with Crippen molar-refractivity contribution in [2.75, 3.05) is 19.6 Å². The minimum absolute atomic E-state index is 0.208. The third-order valence-corrected chi connectivity index (χ3v) is 4.11. The predicted octanol–water partition coefficient (Wildman–Crippen LogP) is 2.22. The van der Waals surface area contributed by atoms with Gasteiger partial charge in [-0.25, -0.2) is 4.79 Å². The summed E-state index contributed by atoms with van der Waals surface area (Å²) in [5, 5.41) is 9.61. The van der Waals surface area contributed by atoms with Gasteiger partial charge in [0.2, 0.25) is 0 Å². The molecule has 18 heavy (non-hydrogen) atoms. The Balaban J connectivity index is 2.01. The minimum atomic E-state index is -0.318. The maximum atomic E-state index is 12.5. The number of carbonyl (C=O) groups excluding carboxylic acids is 1. The van der Waals surface area contributed by atoms with Crippen LogP contribution in [0.2, 0.25) is 0 Å². The lowest BCUT2D eigenvalue weighted by atomic mass is 10.0. The molecule has 0 aromatic carbocycles. The molecule has 2 unspecified atom stereocenters. The van der Waals surface area contributed by atoms with Crippen LogP contribution in [0.15, 0.2) is 0 Å². The van der Waals surface area contributed by atoms with Crippen LogP contribution >= 0.6 is 0 Å². The Morgan fingerprint density at radius 2 is 1.83 bits per heavy atom. The second-order valence-corrected chi connectivity index (χ2v) is 5.76. The summed E-state index contributed by atoms with van der Waals surface area (Å²) in [6.07, 6.45) is 7.23. The summed E-state index contributed by atoms with van der Waals surface area (Å²) in [5.41, 5.74) is 0. The summed E-state index contributed by atoms with van der Waals surface area (Å²) < 4.78 is 0. The fraction of sp³-hybridized carbons (Fsp3) is 0.929. The maximum absolute atomic E-state index is 12.5. The standard InChI is InChI=1S/C14H26N2O2/c1-12(17)11-13-7-3-2-4-10-16(13)14(18)15-8-5-6-9-15/h12-13,17H,2-11H2,1H3. The first kappa shape index (κ1) is 13.7. The molecule has 2 amide bonds. The monoisotopic (exact) mass is 254 g/mol. The van der Waals surface area contributed by atoms with E-state index in [1.165, 1.54) is 12.8 Å². The first-order chi connectivity index (χ1) is 8.68. The van der Waals surface area contributed by atoms with Crippen LogP contribution < -0.4 is 0 Å². The van der Waals surface area contributed by atoms with Gasteiger partial charge in [-0.3, -0.25) is 0 Å². The Morgan fingerprint density at radius 1 is 1.17 bits per heavy atom. The molecule has 4 nitrogen and oxygen atoms in total. The van der Waals surface area contributed by atoms with Gasteiger partial charge in [0, 0.05) is 25.7 Å². The summed E-state index contributed by atoms with van der Waals surface area (Å²) >= 11 is 0. The SMILES string of the molecule is CC(O)CC1CCCCCN1C(=O)N1CCCC1. The number of carbonyl (C=O) groups is 1. The minimum Gasteiger partial charge on any atom is -0.393 e. The van der Waals surface area contributed by atoms with Gasteiger partial charge in [-0.2, -0.15) is 0 Å². The van der Waals surface area contributed by atoms with E-state index in [0.717, 1.165) is 51.7 Å². The van der Waals surface area contributed by atoms with Crippen LogP contribution in [0.5, 0.6) is 0 Å². The van der Waals surface area contributed by atoms with Crippen molar-refractivity contribution in [3.63, 3.8) is 0 Å². The lowest BCUT2D eigenvalue weighted by Crippen LogP contribution is -2.48. The highest BCUT2D eigenvalue weighted by Crippen LogP contribution is 2.23. The summed E-state index contributed by atoms with van der Waals surface area (Å²) in [7, 11) is 0. The molecule has 2 fully saturated rings. The van der Waals surface area contributed by atoms with Crippen LogP contribution in [0.4, 0.5) is 4.79 Å².